The van der Waals surface area contributed by atoms with Gasteiger partial charge in [0.1, 0.15) is 11.6 Å². The van der Waals surface area contributed by atoms with E-state index in [-0.39, 0.29) is 17.3 Å². The molecule has 12 heteroatoms. The van der Waals surface area contributed by atoms with Crippen molar-refractivity contribution in [1.82, 2.24) is 34.7 Å². The summed E-state index contributed by atoms with van der Waals surface area (Å²) in [5.74, 6) is -0.223. The Morgan fingerprint density at radius 3 is 2.60 bits per heavy atom. The first-order chi connectivity index (χ1) is 20.4. The van der Waals surface area contributed by atoms with E-state index in [2.05, 4.69) is 30.7 Å². The average molecular weight is 563 g/mol. The number of ether oxygens (including phenoxy) is 1. The summed E-state index contributed by atoms with van der Waals surface area (Å²) in [4.78, 5) is 30.9. The van der Waals surface area contributed by atoms with Crippen molar-refractivity contribution in [3.63, 3.8) is 0 Å². The van der Waals surface area contributed by atoms with Crippen LogP contribution in [0.3, 0.4) is 0 Å². The minimum atomic E-state index is -0.668. The summed E-state index contributed by atoms with van der Waals surface area (Å²) in [6.45, 7) is 0. The molecule has 0 atom stereocenters. The number of aromatic amines is 1. The molecule has 2 N–H and O–H groups in total. The van der Waals surface area contributed by atoms with Crippen molar-refractivity contribution in [2.24, 2.45) is 7.05 Å². The summed E-state index contributed by atoms with van der Waals surface area (Å²) < 4.78 is 23.0. The van der Waals surface area contributed by atoms with Crippen molar-refractivity contribution in [2.45, 2.75) is 18.9 Å². The number of rotatable bonds is 7. The molecule has 42 heavy (non-hydrogen) atoms. The minimum absolute atomic E-state index is 0.118. The van der Waals surface area contributed by atoms with Gasteiger partial charge in [-0.2, -0.15) is 15.3 Å². The van der Waals surface area contributed by atoms with Crippen LogP contribution in [-0.2, 0) is 7.05 Å². The molecule has 1 saturated carbocycles. The fourth-order valence-electron chi connectivity index (χ4n) is 4.72. The van der Waals surface area contributed by atoms with Crippen molar-refractivity contribution >= 4 is 22.5 Å². The van der Waals surface area contributed by atoms with Crippen LogP contribution in [0.1, 0.15) is 29.4 Å². The van der Waals surface area contributed by atoms with Gasteiger partial charge in [0.25, 0.3) is 5.91 Å². The van der Waals surface area contributed by atoms with E-state index in [0.717, 1.165) is 34.9 Å². The molecule has 6 aromatic rings. The fraction of sp³-hybridized carbons (Fsp3) is 0.133. The van der Waals surface area contributed by atoms with Gasteiger partial charge in [0, 0.05) is 47.6 Å². The SMILES string of the molecule is Cn1ncc2cc(Oc3ccc(NC(=O)c4nn(C5CC5)cc(-c5ccc(F)cc5)c4=O)cn3)c(-c3cn[nH]c3)cc21. The number of benzene rings is 2. The number of nitrogens with zero attached hydrogens (tertiary/aromatic N) is 6. The second kappa shape index (κ2) is 10.1. The maximum absolute atomic E-state index is 13.5. The molecular formula is C30H23FN8O3. The lowest BCUT2D eigenvalue weighted by Gasteiger charge is -2.12. The van der Waals surface area contributed by atoms with Crippen LogP contribution in [0.4, 0.5) is 10.1 Å². The first kappa shape index (κ1) is 25.3. The smallest absolute Gasteiger partial charge is 0.280 e. The third-order valence-electron chi connectivity index (χ3n) is 7.09. The number of pyridine rings is 1. The van der Waals surface area contributed by atoms with Crippen molar-refractivity contribution in [1.29, 1.82) is 0 Å². The van der Waals surface area contributed by atoms with E-state index < -0.39 is 17.2 Å². The lowest BCUT2D eigenvalue weighted by Crippen LogP contribution is -2.27. The number of fused-ring (bicyclic) bond motifs is 1. The number of aryl methyl sites for hydroxylation is 1. The molecular weight excluding hydrogens is 539 g/mol. The van der Waals surface area contributed by atoms with Crippen LogP contribution in [0.25, 0.3) is 33.2 Å². The highest BCUT2D eigenvalue weighted by atomic mass is 19.1. The second-order valence-corrected chi connectivity index (χ2v) is 10.0. The molecule has 4 heterocycles. The highest BCUT2D eigenvalue weighted by molar-refractivity contribution is 6.03. The summed E-state index contributed by atoms with van der Waals surface area (Å²) in [6, 6.07) is 12.8. The molecule has 0 saturated heterocycles. The molecule has 0 aliphatic heterocycles. The Morgan fingerprint density at radius 1 is 1.05 bits per heavy atom. The number of nitrogens with one attached hydrogen (secondary N) is 2. The summed E-state index contributed by atoms with van der Waals surface area (Å²) in [5.41, 5.74) is 2.93. The zero-order valence-corrected chi connectivity index (χ0v) is 22.3. The van der Waals surface area contributed by atoms with Crippen molar-refractivity contribution in [2.75, 3.05) is 5.32 Å². The Morgan fingerprint density at radius 2 is 1.88 bits per heavy atom. The van der Waals surface area contributed by atoms with E-state index in [4.69, 9.17) is 4.74 Å². The number of hydrogen-bond acceptors (Lipinski definition) is 7. The Hall–Kier alpha value is -5.65. The number of halogens is 1. The molecule has 1 aliphatic rings. The average Bonchev–Trinajstić information content (AvgIpc) is 3.58. The van der Waals surface area contributed by atoms with Gasteiger partial charge in [-0.15, -0.1) is 0 Å². The van der Waals surface area contributed by atoms with Crippen LogP contribution in [0.5, 0.6) is 11.6 Å². The third kappa shape index (κ3) is 4.79. The van der Waals surface area contributed by atoms with Crippen LogP contribution in [-0.4, -0.2) is 40.6 Å². The predicted molar refractivity (Wildman–Crippen MR) is 153 cm³/mol. The van der Waals surface area contributed by atoms with Crippen LogP contribution >= 0.6 is 0 Å². The van der Waals surface area contributed by atoms with Gasteiger partial charge in [0.05, 0.1) is 35.8 Å². The molecule has 0 unspecified atom stereocenters. The zero-order chi connectivity index (χ0) is 28.8. The van der Waals surface area contributed by atoms with E-state index in [1.807, 2.05) is 19.2 Å². The molecule has 1 aliphatic carbocycles. The van der Waals surface area contributed by atoms with Gasteiger partial charge in [-0.25, -0.2) is 9.37 Å². The van der Waals surface area contributed by atoms with Crippen LogP contribution in [0.15, 0.2) is 84.3 Å². The quantitative estimate of drug-likeness (QED) is 0.277. The molecule has 11 nitrogen and oxygen atoms in total. The van der Waals surface area contributed by atoms with Crippen LogP contribution < -0.4 is 15.5 Å². The lowest BCUT2D eigenvalue weighted by atomic mass is 10.1. The highest BCUT2D eigenvalue weighted by Gasteiger charge is 2.27. The first-order valence-electron chi connectivity index (χ1n) is 13.2. The number of hydrogen-bond donors (Lipinski definition) is 2. The molecule has 1 fully saturated rings. The zero-order valence-electron chi connectivity index (χ0n) is 22.3. The topological polar surface area (TPSA) is 133 Å². The van der Waals surface area contributed by atoms with E-state index >= 15 is 0 Å². The Bertz CT molecular complexity index is 1990. The maximum atomic E-state index is 13.5. The first-order valence-corrected chi connectivity index (χ1v) is 13.2. The standard InChI is InChI=1S/C30H23FN8O3/c1-38-25-11-23(19-12-33-34-13-19)26(10-18(25)14-35-38)42-27-9-6-21(15-32-27)36-30(41)28-29(40)24(16-39(37-28)22-7-8-22)17-2-4-20(31)5-3-17/h2-6,9-16,22H,7-8H2,1H3,(H,33,34)(H,36,41). The maximum Gasteiger partial charge on any atom is 0.280 e. The van der Waals surface area contributed by atoms with Gasteiger partial charge in [0.15, 0.2) is 5.69 Å². The molecule has 0 radical (unpaired) electrons. The lowest BCUT2D eigenvalue weighted by molar-refractivity contribution is 0.101. The Balaban J connectivity index is 1.15. The number of anilines is 1. The number of amides is 1. The molecule has 0 bridgehead atoms. The third-order valence-corrected chi connectivity index (χ3v) is 7.09. The Kier molecular flexibility index (Phi) is 6.07. The molecule has 1 amide bonds. The fourth-order valence-corrected chi connectivity index (χ4v) is 4.72. The minimum Gasteiger partial charge on any atom is -0.438 e. The molecule has 2 aromatic carbocycles. The number of carbonyl (C=O) groups excluding carboxylic acids is 1. The van der Waals surface area contributed by atoms with Crippen molar-refractivity contribution < 1.29 is 13.9 Å². The molecule has 4 aromatic heterocycles. The van der Waals surface area contributed by atoms with E-state index in [9.17, 15) is 14.0 Å². The monoisotopic (exact) mass is 562 g/mol. The Labute approximate surface area is 237 Å². The van der Waals surface area contributed by atoms with Gasteiger partial charge < -0.3 is 10.1 Å². The number of aromatic nitrogens is 7. The second-order valence-electron chi connectivity index (χ2n) is 10.0. The van der Waals surface area contributed by atoms with E-state index in [1.165, 1.54) is 30.5 Å². The van der Waals surface area contributed by atoms with Gasteiger partial charge in [0.2, 0.25) is 11.3 Å². The molecule has 7 rings (SSSR count). The number of carbonyl (C=O) groups is 1. The number of H-pyrrole nitrogens is 1. The molecule has 0 spiro atoms. The van der Waals surface area contributed by atoms with Crippen molar-refractivity contribution in [3.05, 3.63) is 101 Å². The van der Waals surface area contributed by atoms with Crippen LogP contribution in [0.2, 0.25) is 0 Å². The summed E-state index contributed by atoms with van der Waals surface area (Å²) in [6.07, 6.45) is 10.1. The van der Waals surface area contributed by atoms with E-state index in [1.54, 1.807) is 46.3 Å². The molecule has 208 valence electrons. The van der Waals surface area contributed by atoms with Crippen molar-refractivity contribution in [3.8, 4) is 33.9 Å². The van der Waals surface area contributed by atoms with Gasteiger partial charge >= 0.3 is 0 Å². The van der Waals surface area contributed by atoms with E-state index in [0.29, 0.717) is 22.9 Å². The van der Waals surface area contributed by atoms with Gasteiger partial charge in [-0.05, 0) is 48.7 Å². The summed E-state index contributed by atoms with van der Waals surface area (Å²) in [5, 5.41) is 19.1. The highest BCUT2D eigenvalue weighted by Crippen LogP contribution is 2.36. The van der Waals surface area contributed by atoms with Gasteiger partial charge in [-0.1, -0.05) is 12.1 Å². The largest absolute Gasteiger partial charge is 0.438 e. The summed E-state index contributed by atoms with van der Waals surface area (Å²) >= 11 is 0. The van der Waals surface area contributed by atoms with Crippen LogP contribution in [0, 0.1) is 5.82 Å². The van der Waals surface area contributed by atoms with Gasteiger partial charge in [-0.3, -0.25) is 24.1 Å². The normalized spacial score (nSPS) is 12.9. The predicted octanol–water partition coefficient (Wildman–Crippen LogP) is 5.10. The summed E-state index contributed by atoms with van der Waals surface area (Å²) in [7, 11) is 1.87.